The zero-order valence-corrected chi connectivity index (χ0v) is 10.1. The van der Waals surface area contributed by atoms with E-state index in [1.54, 1.807) is 0 Å². The molecule has 1 aliphatic heterocycles. The Morgan fingerprint density at radius 2 is 2.00 bits per heavy atom. The van der Waals surface area contributed by atoms with E-state index in [0.717, 1.165) is 11.8 Å². The topological polar surface area (TPSA) is 15.3 Å². The maximum atomic E-state index is 3.27. The third kappa shape index (κ3) is 3.58. The van der Waals surface area contributed by atoms with Crippen molar-refractivity contribution in [3.8, 4) is 0 Å². The molecule has 0 spiro atoms. The minimum atomic E-state index is 0.955. The molecule has 1 saturated heterocycles. The van der Waals surface area contributed by atoms with Gasteiger partial charge in [0.1, 0.15) is 0 Å². The molecule has 0 saturated carbocycles. The molecule has 1 unspecified atom stereocenters. The van der Waals surface area contributed by atoms with Crippen LogP contribution in [0.1, 0.15) is 32.6 Å². The van der Waals surface area contributed by atoms with Crippen molar-refractivity contribution in [2.24, 2.45) is 11.8 Å². The first kappa shape index (κ1) is 12.0. The highest BCUT2D eigenvalue weighted by molar-refractivity contribution is 4.76. The van der Waals surface area contributed by atoms with Crippen molar-refractivity contribution in [2.75, 3.05) is 33.7 Å². The summed E-state index contributed by atoms with van der Waals surface area (Å²) in [6, 6.07) is 0. The van der Waals surface area contributed by atoms with E-state index >= 15 is 0 Å². The van der Waals surface area contributed by atoms with Gasteiger partial charge in [-0.1, -0.05) is 13.3 Å². The zero-order chi connectivity index (χ0) is 10.4. The summed E-state index contributed by atoms with van der Waals surface area (Å²) in [5, 5.41) is 3.27. The Hall–Kier alpha value is -0.0800. The Balaban J connectivity index is 2.29. The van der Waals surface area contributed by atoms with Crippen molar-refractivity contribution in [1.29, 1.82) is 0 Å². The van der Waals surface area contributed by atoms with Crippen LogP contribution in [-0.2, 0) is 0 Å². The predicted molar refractivity (Wildman–Crippen MR) is 62.5 cm³/mol. The number of nitrogens with one attached hydrogen (secondary N) is 1. The van der Waals surface area contributed by atoms with Gasteiger partial charge in [0.05, 0.1) is 0 Å². The molecule has 0 bridgehead atoms. The maximum absolute atomic E-state index is 3.27. The van der Waals surface area contributed by atoms with E-state index in [-0.39, 0.29) is 0 Å². The molecule has 1 rings (SSSR count). The van der Waals surface area contributed by atoms with Crippen LogP contribution in [0.3, 0.4) is 0 Å². The lowest BCUT2D eigenvalue weighted by Gasteiger charge is -2.34. The van der Waals surface area contributed by atoms with Gasteiger partial charge >= 0.3 is 0 Å². The lowest BCUT2D eigenvalue weighted by atomic mass is 9.81. The Morgan fingerprint density at radius 3 is 2.50 bits per heavy atom. The van der Waals surface area contributed by atoms with Gasteiger partial charge < -0.3 is 10.2 Å². The van der Waals surface area contributed by atoms with Gasteiger partial charge in [0.15, 0.2) is 0 Å². The van der Waals surface area contributed by atoms with Gasteiger partial charge in [-0.15, -0.1) is 0 Å². The lowest BCUT2D eigenvalue weighted by Crippen LogP contribution is -2.34. The molecule has 0 radical (unpaired) electrons. The summed E-state index contributed by atoms with van der Waals surface area (Å²) in [6.45, 7) is 6.14. The van der Waals surface area contributed by atoms with Crippen molar-refractivity contribution >= 4 is 0 Å². The van der Waals surface area contributed by atoms with Gasteiger partial charge in [-0.2, -0.15) is 0 Å². The number of hydrogen-bond donors (Lipinski definition) is 1. The summed E-state index contributed by atoms with van der Waals surface area (Å²) in [6.07, 6.45) is 5.55. The number of nitrogens with zero attached hydrogens (tertiary/aromatic N) is 1. The molecule has 0 aromatic heterocycles. The number of rotatable bonds is 5. The Labute approximate surface area is 89.1 Å². The minimum Gasteiger partial charge on any atom is -0.320 e. The molecule has 0 amide bonds. The third-order valence-corrected chi connectivity index (χ3v) is 3.72. The Kier molecular flexibility index (Phi) is 5.49. The van der Waals surface area contributed by atoms with Crippen LogP contribution in [0.4, 0.5) is 0 Å². The molecular weight excluding hydrogens is 172 g/mol. The van der Waals surface area contributed by atoms with E-state index in [2.05, 4.69) is 31.2 Å². The fraction of sp³-hybridized carbons (Fsp3) is 1.00. The molecule has 1 atom stereocenters. The highest BCUT2D eigenvalue weighted by Gasteiger charge is 2.23. The van der Waals surface area contributed by atoms with Gasteiger partial charge in [0.2, 0.25) is 0 Å². The number of piperidine rings is 1. The predicted octanol–water partition coefficient (Wildman–Crippen LogP) is 1.96. The molecule has 0 aromatic carbocycles. The second kappa shape index (κ2) is 6.41. The fourth-order valence-corrected chi connectivity index (χ4v) is 2.60. The van der Waals surface area contributed by atoms with Crippen molar-refractivity contribution in [3.05, 3.63) is 0 Å². The SMILES string of the molecule is CCC(CCNC)C1CCN(C)CC1. The number of likely N-dealkylation sites (tertiary alicyclic amines) is 1. The van der Waals surface area contributed by atoms with Crippen LogP contribution in [0.2, 0.25) is 0 Å². The summed E-state index contributed by atoms with van der Waals surface area (Å²) in [5.74, 6) is 1.95. The van der Waals surface area contributed by atoms with Crippen LogP contribution in [0.5, 0.6) is 0 Å². The summed E-state index contributed by atoms with van der Waals surface area (Å²) >= 11 is 0. The van der Waals surface area contributed by atoms with Crippen LogP contribution >= 0.6 is 0 Å². The van der Waals surface area contributed by atoms with E-state index in [9.17, 15) is 0 Å². The van der Waals surface area contributed by atoms with Crippen LogP contribution in [0.25, 0.3) is 0 Å². The second-order valence-corrected chi connectivity index (χ2v) is 4.70. The largest absolute Gasteiger partial charge is 0.320 e. The summed E-state index contributed by atoms with van der Waals surface area (Å²) in [5.41, 5.74) is 0. The first-order chi connectivity index (χ1) is 6.77. The van der Waals surface area contributed by atoms with Gasteiger partial charge in [0, 0.05) is 0 Å². The normalized spacial score (nSPS) is 22.5. The maximum Gasteiger partial charge on any atom is -0.00190 e. The monoisotopic (exact) mass is 198 g/mol. The summed E-state index contributed by atoms with van der Waals surface area (Å²) in [7, 11) is 4.30. The van der Waals surface area contributed by atoms with Crippen molar-refractivity contribution in [2.45, 2.75) is 32.6 Å². The van der Waals surface area contributed by atoms with Gasteiger partial charge in [0.25, 0.3) is 0 Å². The average molecular weight is 198 g/mol. The second-order valence-electron chi connectivity index (χ2n) is 4.70. The van der Waals surface area contributed by atoms with Crippen LogP contribution in [0.15, 0.2) is 0 Å². The Morgan fingerprint density at radius 1 is 1.36 bits per heavy atom. The van der Waals surface area contributed by atoms with E-state index in [0.29, 0.717) is 0 Å². The summed E-state index contributed by atoms with van der Waals surface area (Å²) in [4.78, 5) is 2.46. The minimum absolute atomic E-state index is 0.955. The zero-order valence-electron chi connectivity index (χ0n) is 10.1. The first-order valence-corrected chi connectivity index (χ1v) is 6.11. The van der Waals surface area contributed by atoms with Crippen LogP contribution in [-0.4, -0.2) is 38.6 Å². The van der Waals surface area contributed by atoms with Crippen molar-refractivity contribution in [3.63, 3.8) is 0 Å². The lowest BCUT2D eigenvalue weighted by molar-refractivity contribution is 0.162. The molecule has 14 heavy (non-hydrogen) atoms. The molecule has 1 heterocycles. The molecule has 1 N–H and O–H groups in total. The van der Waals surface area contributed by atoms with Gasteiger partial charge in [-0.25, -0.2) is 0 Å². The molecular formula is C12H26N2. The molecule has 84 valence electrons. The molecule has 0 aromatic rings. The van der Waals surface area contributed by atoms with Crippen molar-refractivity contribution < 1.29 is 0 Å². The average Bonchev–Trinajstić information content (AvgIpc) is 2.21. The molecule has 0 aliphatic carbocycles. The van der Waals surface area contributed by atoms with E-state index in [4.69, 9.17) is 0 Å². The van der Waals surface area contributed by atoms with E-state index in [1.165, 1.54) is 45.3 Å². The van der Waals surface area contributed by atoms with Gasteiger partial charge in [-0.3, -0.25) is 0 Å². The van der Waals surface area contributed by atoms with Crippen molar-refractivity contribution in [1.82, 2.24) is 10.2 Å². The summed E-state index contributed by atoms with van der Waals surface area (Å²) < 4.78 is 0. The standard InChI is InChI=1S/C12H26N2/c1-4-11(5-8-13-2)12-6-9-14(3)10-7-12/h11-13H,4-10H2,1-3H3. The molecule has 2 heteroatoms. The molecule has 2 nitrogen and oxygen atoms in total. The third-order valence-electron chi connectivity index (χ3n) is 3.72. The highest BCUT2D eigenvalue weighted by atomic mass is 15.1. The molecule has 1 fully saturated rings. The number of hydrogen-bond acceptors (Lipinski definition) is 2. The van der Waals surface area contributed by atoms with Gasteiger partial charge in [-0.05, 0) is 64.8 Å². The highest BCUT2D eigenvalue weighted by Crippen LogP contribution is 2.28. The van der Waals surface area contributed by atoms with E-state index < -0.39 is 0 Å². The quantitative estimate of drug-likeness (QED) is 0.726. The van der Waals surface area contributed by atoms with Crippen LogP contribution < -0.4 is 5.32 Å². The fourth-order valence-electron chi connectivity index (χ4n) is 2.60. The smallest absolute Gasteiger partial charge is 0.00190 e. The Bertz CT molecular complexity index is 137. The van der Waals surface area contributed by atoms with Crippen LogP contribution in [0, 0.1) is 11.8 Å². The molecule has 1 aliphatic rings. The van der Waals surface area contributed by atoms with E-state index in [1.807, 2.05) is 0 Å². The first-order valence-electron chi connectivity index (χ1n) is 6.11.